The number of nitrogen functional groups attached to an aromatic ring is 1. The zero-order chi connectivity index (χ0) is 20.4. The van der Waals surface area contributed by atoms with Crippen molar-refractivity contribution in [1.82, 2.24) is 10.2 Å². The number of allylic oxidation sites excluding steroid dienone is 2. The first-order chi connectivity index (χ1) is 14.0. The van der Waals surface area contributed by atoms with Crippen molar-refractivity contribution in [3.63, 3.8) is 0 Å². The standard InChI is InChI=1S/C21H17F2N5O/c1-13-11-25-17(12-28(13)18-8-6-16(24)7-9-18)10-14-2-4-15(5-3-14)20-26-27-21(29-20)19(22)23/h2-9,11-12,19H,1,10,24H2. The van der Waals surface area contributed by atoms with Crippen LogP contribution < -0.4 is 10.6 Å². The minimum absolute atomic E-state index is 0.0626. The molecule has 8 heteroatoms. The molecule has 0 amide bonds. The van der Waals surface area contributed by atoms with Crippen molar-refractivity contribution in [2.24, 2.45) is 4.99 Å². The molecule has 0 saturated heterocycles. The lowest BCUT2D eigenvalue weighted by Gasteiger charge is -2.24. The van der Waals surface area contributed by atoms with Gasteiger partial charge in [0.05, 0.1) is 17.6 Å². The third kappa shape index (κ3) is 4.06. The van der Waals surface area contributed by atoms with Crippen LogP contribution in [0.25, 0.3) is 11.5 Å². The molecule has 6 nitrogen and oxygen atoms in total. The summed E-state index contributed by atoms with van der Waals surface area (Å²) in [5.41, 5.74) is 10.6. The first-order valence-electron chi connectivity index (χ1n) is 8.79. The number of aromatic nitrogens is 2. The van der Waals surface area contributed by atoms with Crippen molar-refractivity contribution in [1.29, 1.82) is 0 Å². The number of rotatable bonds is 5. The van der Waals surface area contributed by atoms with Crippen LogP contribution in [0, 0.1) is 0 Å². The number of hydrogen-bond donors (Lipinski definition) is 1. The van der Waals surface area contributed by atoms with Gasteiger partial charge in [0, 0.05) is 29.6 Å². The zero-order valence-electron chi connectivity index (χ0n) is 15.3. The number of nitrogens with two attached hydrogens (primary N) is 1. The summed E-state index contributed by atoms with van der Waals surface area (Å²) in [6.07, 6.45) is 1.44. The molecular weight excluding hydrogens is 376 g/mol. The van der Waals surface area contributed by atoms with E-state index in [1.54, 1.807) is 18.3 Å². The summed E-state index contributed by atoms with van der Waals surface area (Å²) in [5.74, 6) is -0.624. The first-order valence-corrected chi connectivity index (χ1v) is 8.79. The predicted molar refractivity (Wildman–Crippen MR) is 107 cm³/mol. The Morgan fingerprint density at radius 1 is 1.03 bits per heavy atom. The molecule has 2 aromatic carbocycles. The van der Waals surface area contributed by atoms with Gasteiger partial charge in [0.25, 0.3) is 5.89 Å². The molecule has 0 atom stereocenters. The molecular formula is C21H17F2N5O. The molecule has 1 aliphatic rings. The van der Waals surface area contributed by atoms with Gasteiger partial charge in [-0.1, -0.05) is 18.7 Å². The second-order valence-corrected chi connectivity index (χ2v) is 6.45. The summed E-state index contributed by atoms with van der Waals surface area (Å²) in [6, 6.07) is 14.7. The molecule has 0 radical (unpaired) electrons. The summed E-state index contributed by atoms with van der Waals surface area (Å²) in [4.78, 5) is 6.39. The van der Waals surface area contributed by atoms with Gasteiger partial charge in [0.2, 0.25) is 5.89 Å². The molecule has 146 valence electrons. The van der Waals surface area contributed by atoms with Crippen molar-refractivity contribution in [3.8, 4) is 11.5 Å². The average Bonchev–Trinajstić information content (AvgIpc) is 3.21. The maximum atomic E-state index is 12.6. The maximum Gasteiger partial charge on any atom is 0.314 e. The summed E-state index contributed by atoms with van der Waals surface area (Å²) in [5, 5.41) is 7.00. The zero-order valence-corrected chi connectivity index (χ0v) is 15.3. The topological polar surface area (TPSA) is 80.5 Å². The molecule has 0 fully saturated rings. The lowest BCUT2D eigenvalue weighted by Crippen LogP contribution is -2.19. The number of anilines is 2. The Morgan fingerprint density at radius 2 is 1.76 bits per heavy atom. The van der Waals surface area contributed by atoms with Gasteiger partial charge in [0.1, 0.15) is 0 Å². The molecule has 1 aromatic heterocycles. The van der Waals surface area contributed by atoms with Crippen molar-refractivity contribution < 1.29 is 13.2 Å². The quantitative estimate of drug-likeness (QED) is 0.633. The molecule has 0 saturated carbocycles. The van der Waals surface area contributed by atoms with Crippen LogP contribution in [-0.2, 0) is 6.42 Å². The highest BCUT2D eigenvalue weighted by atomic mass is 19.3. The molecule has 0 aliphatic carbocycles. The Hall–Kier alpha value is -3.81. The highest BCUT2D eigenvalue weighted by molar-refractivity contribution is 5.87. The van der Waals surface area contributed by atoms with E-state index < -0.39 is 12.3 Å². The number of benzene rings is 2. The number of nitrogens with zero attached hydrogens (tertiary/aromatic N) is 4. The van der Waals surface area contributed by atoms with Crippen LogP contribution in [0.4, 0.5) is 20.2 Å². The van der Waals surface area contributed by atoms with Gasteiger partial charge in [-0.15, -0.1) is 10.2 Å². The molecule has 0 unspecified atom stereocenters. The highest BCUT2D eigenvalue weighted by Crippen LogP contribution is 2.26. The fourth-order valence-corrected chi connectivity index (χ4v) is 2.87. The molecule has 0 spiro atoms. The molecule has 1 aliphatic heterocycles. The van der Waals surface area contributed by atoms with Crippen molar-refractivity contribution in [2.45, 2.75) is 12.8 Å². The monoisotopic (exact) mass is 393 g/mol. The van der Waals surface area contributed by atoms with Crippen LogP contribution in [0.2, 0.25) is 0 Å². The average molecular weight is 393 g/mol. The van der Waals surface area contributed by atoms with Crippen LogP contribution >= 0.6 is 0 Å². The fourth-order valence-electron chi connectivity index (χ4n) is 2.87. The largest absolute Gasteiger partial charge is 0.415 e. The molecule has 4 rings (SSSR count). The van der Waals surface area contributed by atoms with Crippen LogP contribution in [-0.4, -0.2) is 16.4 Å². The summed E-state index contributed by atoms with van der Waals surface area (Å²) < 4.78 is 30.2. The second kappa shape index (κ2) is 7.67. The van der Waals surface area contributed by atoms with Gasteiger partial charge in [-0.3, -0.25) is 4.99 Å². The predicted octanol–water partition coefficient (Wildman–Crippen LogP) is 4.75. The van der Waals surface area contributed by atoms with E-state index in [4.69, 9.17) is 10.2 Å². The Morgan fingerprint density at radius 3 is 2.41 bits per heavy atom. The summed E-state index contributed by atoms with van der Waals surface area (Å²) >= 11 is 0. The van der Waals surface area contributed by atoms with Crippen LogP contribution in [0.3, 0.4) is 0 Å². The number of aliphatic imine (C=N–C) groups is 1. The van der Waals surface area contributed by atoms with Crippen molar-refractivity contribution in [3.05, 3.63) is 84.2 Å². The van der Waals surface area contributed by atoms with Gasteiger partial charge in [-0.25, -0.2) is 0 Å². The second-order valence-electron chi connectivity index (χ2n) is 6.45. The molecule has 0 bridgehead atoms. The van der Waals surface area contributed by atoms with Gasteiger partial charge in [-0.05, 0) is 42.0 Å². The minimum Gasteiger partial charge on any atom is -0.415 e. The van der Waals surface area contributed by atoms with Crippen LogP contribution in [0.5, 0.6) is 0 Å². The van der Waals surface area contributed by atoms with E-state index in [1.165, 1.54) is 0 Å². The highest BCUT2D eigenvalue weighted by Gasteiger charge is 2.17. The van der Waals surface area contributed by atoms with Gasteiger partial charge in [-0.2, -0.15) is 8.78 Å². The smallest absolute Gasteiger partial charge is 0.314 e. The van der Waals surface area contributed by atoms with E-state index in [-0.39, 0.29) is 5.89 Å². The van der Waals surface area contributed by atoms with E-state index in [1.807, 2.05) is 47.5 Å². The third-order valence-electron chi connectivity index (χ3n) is 4.35. The van der Waals surface area contributed by atoms with Crippen LogP contribution in [0.15, 0.2) is 82.1 Å². The molecule has 2 heterocycles. The SMILES string of the molecule is C=C1C=NC(Cc2ccc(-c3nnc(C(F)F)o3)cc2)=CN1c1ccc(N)cc1. The number of hydrogen-bond acceptors (Lipinski definition) is 6. The Labute approximate surface area is 165 Å². The Kier molecular flexibility index (Phi) is 4.90. The van der Waals surface area contributed by atoms with Crippen molar-refractivity contribution >= 4 is 17.6 Å². The lowest BCUT2D eigenvalue weighted by molar-refractivity contribution is 0.116. The van der Waals surface area contributed by atoms with E-state index in [0.717, 1.165) is 22.6 Å². The van der Waals surface area contributed by atoms with E-state index in [2.05, 4.69) is 21.8 Å². The molecule has 3 aromatic rings. The minimum atomic E-state index is -2.79. The Balaban J connectivity index is 1.50. The number of alkyl halides is 2. The Bertz CT molecular complexity index is 1090. The van der Waals surface area contributed by atoms with Crippen LogP contribution in [0.1, 0.15) is 17.9 Å². The van der Waals surface area contributed by atoms with Crippen molar-refractivity contribution in [2.75, 3.05) is 10.6 Å². The first kappa shape index (κ1) is 18.5. The maximum absolute atomic E-state index is 12.6. The number of halogens is 2. The lowest BCUT2D eigenvalue weighted by atomic mass is 10.1. The van der Waals surface area contributed by atoms with Gasteiger partial charge in [0.15, 0.2) is 0 Å². The van der Waals surface area contributed by atoms with E-state index >= 15 is 0 Å². The van der Waals surface area contributed by atoms with Gasteiger partial charge >= 0.3 is 6.43 Å². The molecule has 2 N–H and O–H groups in total. The summed E-state index contributed by atoms with van der Waals surface area (Å²) in [6.45, 7) is 4.02. The normalized spacial score (nSPS) is 13.8. The third-order valence-corrected chi connectivity index (χ3v) is 4.35. The van der Waals surface area contributed by atoms with E-state index in [9.17, 15) is 8.78 Å². The fraction of sp³-hybridized carbons (Fsp3) is 0.0952. The van der Waals surface area contributed by atoms with E-state index in [0.29, 0.717) is 17.7 Å². The molecule has 29 heavy (non-hydrogen) atoms. The summed E-state index contributed by atoms with van der Waals surface area (Å²) in [7, 11) is 0. The van der Waals surface area contributed by atoms with Gasteiger partial charge < -0.3 is 15.1 Å².